The Kier molecular flexibility index (Phi) is 8.30. The molecule has 0 spiro atoms. The number of nitrogens with one attached hydrogen (secondary N) is 1. The maximum atomic E-state index is 12.5. The smallest absolute Gasteiger partial charge is 0.408 e. The molecule has 0 saturated heterocycles. The Morgan fingerprint density at radius 3 is 2.40 bits per heavy atom. The van der Waals surface area contributed by atoms with Crippen LogP contribution in [-0.4, -0.2) is 20.5 Å². The normalized spacial score (nSPS) is 13.9. The van der Waals surface area contributed by atoms with Crippen molar-refractivity contribution >= 4 is 26.0 Å². The summed E-state index contributed by atoms with van der Waals surface area (Å²) < 4.78 is 12.1. The van der Waals surface area contributed by atoms with Gasteiger partial charge in [0.05, 0.1) is 12.1 Å². The van der Waals surface area contributed by atoms with Crippen LogP contribution in [0.25, 0.3) is 0 Å². The molecule has 6 heteroatoms. The van der Waals surface area contributed by atoms with E-state index in [1.807, 2.05) is 54.6 Å². The van der Waals surface area contributed by atoms with Gasteiger partial charge in [-0.1, -0.05) is 80.9 Å². The molecule has 0 aliphatic heterocycles. The lowest BCUT2D eigenvalue weighted by molar-refractivity contribution is 0.116. The molecule has 2 aromatic carbocycles. The summed E-state index contributed by atoms with van der Waals surface area (Å²) in [7, 11) is -2.15. The molecule has 0 bridgehead atoms. The van der Waals surface area contributed by atoms with Crippen LogP contribution in [-0.2, 0) is 15.8 Å². The number of amides is 1. The lowest BCUT2D eigenvalue weighted by Gasteiger charge is -2.41. The SMILES string of the molecule is C=C[C@@H](NC(=O)OCc1ccccc1)[C@@H](O[Si](C)(C)C(C)(C)C)c1cccc(Cl)c1. The molecule has 0 heterocycles. The summed E-state index contributed by atoms with van der Waals surface area (Å²) in [6, 6.07) is 16.6. The van der Waals surface area contributed by atoms with Gasteiger partial charge in [-0.3, -0.25) is 0 Å². The summed E-state index contributed by atoms with van der Waals surface area (Å²) in [6.45, 7) is 15.0. The second-order valence-corrected chi connectivity index (χ2v) is 14.0. The van der Waals surface area contributed by atoms with E-state index in [-0.39, 0.29) is 11.6 Å². The number of ether oxygens (including phenoxy) is 1. The van der Waals surface area contributed by atoms with Crippen LogP contribution >= 0.6 is 11.6 Å². The Morgan fingerprint density at radius 2 is 1.83 bits per heavy atom. The van der Waals surface area contributed by atoms with Crippen LogP contribution in [0.15, 0.2) is 67.3 Å². The Bertz CT molecular complexity index is 849. The van der Waals surface area contributed by atoms with Crippen molar-refractivity contribution < 1.29 is 14.0 Å². The van der Waals surface area contributed by atoms with E-state index in [0.29, 0.717) is 5.02 Å². The topological polar surface area (TPSA) is 47.6 Å². The first-order chi connectivity index (χ1) is 14.0. The fraction of sp³-hybridized carbons (Fsp3) is 0.375. The van der Waals surface area contributed by atoms with E-state index in [4.69, 9.17) is 20.8 Å². The Labute approximate surface area is 186 Å². The third kappa shape index (κ3) is 6.72. The van der Waals surface area contributed by atoms with Gasteiger partial charge in [-0.25, -0.2) is 4.79 Å². The van der Waals surface area contributed by atoms with Crippen LogP contribution in [0.1, 0.15) is 38.0 Å². The lowest BCUT2D eigenvalue weighted by atomic mass is 10.0. The van der Waals surface area contributed by atoms with E-state index in [2.05, 4.69) is 45.8 Å². The highest BCUT2D eigenvalue weighted by Gasteiger charge is 2.41. The van der Waals surface area contributed by atoms with Gasteiger partial charge in [0.15, 0.2) is 8.32 Å². The molecule has 0 aliphatic rings. The van der Waals surface area contributed by atoms with Gasteiger partial charge in [-0.05, 0) is 41.4 Å². The fourth-order valence-electron chi connectivity index (χ4n) is 2.69. The second-order valence-electron chi connectivity index (χ2n) is 8.82. The minimum atomic E-state index is -2.15. The highest BCUT2D eigenvalue weighted by atomic mass is 35.5. The summed E-state index contributed by atoms with van der Waals surface area (Å²) >= 11 is 6.24. The summed E-state index contributed by atoms with van der Waals surface area (Å²) in [5.74, 6) is 0. The number of rotatable bonds is 8. The standard InChI is InChI=1S/C24H32ClNO3Si/c1-7-21(26-23(27)28-17-18-12-9-8-10-13-18)22(19-14-11-15-20(25)16-19)29-30(5,6)24(2,3)4/h7-16,21-22H,1,17H2,2-6H3,(H,26,27)/t21-,22+/m1/s1. The van der Waals surface area contributed by atoms with Crippen LogP contribution in [0, 0.1) is 0 Å². The van der Waals surface area contributed by atoms with Gasteiger partial charge in [0.1, 0.15) is 6.61 Å². The van der Waals surface area contributed by atoms with E-state index < -0.39 is 26.6 Å². The maximum Gasteiger partial charge on any atom is 0.408 e. The number of hydrogen-bond donors (Lipinski definition) is 1. The molecular weight excluding hydrogens is 414 g/mol. The van der Waals surface area contributed by atoms with Crippen molar-refractivity contribution in [1.82, 2.24) is 5.32 Å². The molecule has 162 valence electrons. The van der Waals surface area contributed by atoms with E-state index in [9.17, 15) is 4.79 Å². The van der Waals surface area contributed by atoms with Gasteiger partial charge in [0.25, 0.3) is 0 Å². The van der Waals surface area contributed by atoms with Gasteiger partial charge >= 0.3 is 6.09 Å². The number of carbonyl (C=O) groups excluding carboxylic acids is 1. The van der Waals surface area contributed by atoms with Crippen molar-refractivity contribution in [3.63, 3.8) is 0 Å². The van der Waals surface area contributed by atoms with Crippen LogP contribution in [0.3, 0.4) is 0 Å². The molecule has 1 amide bonds. The first kappa shape index (κ1) is 24.2. The predicted molar refractivity (Wildman–Crippen MR) is 126 cm³/mol. The molecule has 0 fully saturated rings. The molecule has 0 unspecified atom stereocenters. The van der Waals surface area contributed by atoms with Crippen molar-refractivity contribution in [2.75, 3.05) is 0 Å². The van der Waals surface area contributed by atoms with E-state index >= 15 is 0 Å². The van der Waals surface area contributed by atoms with Crippen molar-refractivity contribution in [3.05, 3.63) is 83.4 Å². The first-order valence-electron chi connectivity index (χ1n) is 10.1. The van der Waals surface area contributed by atoms with E-state index in [1.165, 1.54) is 0 Å². The van der Waals surface area contributed by atoms with Crippen molar-refractivity contribution in [2.45, 2.75) is 57.7 Å². The third-order valence-corrected chi connectivity index (χ3v) is 10.2. The van der Waals surface area contributed by atoms with Gasteiger partial charge in [-0.2, -0.15) is 0 Å². The molecule has 4 nitrogen and oxygen atoms in total. The largest absolute Gasteiger partial charge is 0.445 e. The average molecular weight is 446 g/mol. The molecule has 30 heavy (non-hydrogen) atoms. The molecule has 2 aromatic rings. The van der Waals surface area contributed by atoms with Crippen LogP contribution in [0.5, 0.6) is 0 Å². The first-order valence-corrected chi connectivity index (χ1v) is 13.3. The molecular formula is C24H32ClNO3Si. The predicted octanol–water partition coefficient (Wildman–Crippen LogP) is 6.88. The quantitative estimate of drug-likeness (QED) is 0.355. The highest BCUT2D eigenvalue weighted by Crippen LogP contribution is 2.41. The van der Waals surface area contributed by atoms with Crippen LogP contribution in [0.4, 0.5) is 4.79 Å². The van der Waals surface area contributed by atoms with Gasteiger partial charge in [-0.15, -0.1) is 6.58 Å². The Morgan fingerprint density at radius 1 is 1.17 bits per heavy atom. The molecule has 1 N–H and O–H groups in total. The Balaban J connectivity index is 2.21. The van der Waals surface area contributed by atoms with Crippen LogP contribution in [0.2, 0.25) is 23.2 Å². The Hall–Kier alpha value is -2.08. The summed E-state index contributed by atoms with van der Waals surface area (Å²) in [5.41, 5.74) is 1.81. The zero-order valence-electron chi connectivity index (χ0n) is 18.4. The summed E-state index contributed by atoms with van der Waals surface area (Å²) in [6.07, 6.45) is 0.739. The number of halogens is 1. The third-order valence-electron chi connectivity index (χ3n) is 5.48. The minimum Gasteiger partial charge on any atom is -0.445 e. The van der Waals surface area contributed by atoms with Crippen molar-refractivity contribution in [3.8, 4) is 0 Å². The van der Waals surface area contributed by atoms with Crippen molar-refractivity contribution in [2.24, 2.45) is 0 Å². The van der Waals surface area contributed by atoms with Crippen LogP contribution < -0.4 is 5.32 Å². The lowest BCUT2D eigenvalue weighted by Crippen LogP contribution is -2.47. The molecule has 0 aromatic heterocycles. The minimum absolute atomic E-state index is 0.00334. The van der Waals surface area contributed by atoms with Gasteiger partial charge in [0.2, 0.25) is 0 Å². The fourth-order valence-corrected chi connectivity index (χ4v) is 4.16. The molecule has 2 rings (SSSR count). The number of benzene rings is 2. The summed E-state index contributed by atoms with van der Waals surface area (Å²) in [5, 5.41) is 3.52. The molecule has 2 atom stereocenters. The molecule has 0 saturated carbocycles. The highest BCUT2D eigenvalue weighted by molar-refractivity contribution is 6.74. The van der Waals surface area contributed by atoms with Gasteiger partial charge < -0.3 is 14.5 Å². The number of alkyl carbamates (subject to hydrolysis) is 1. The summed E-state index contributed by atoms with van der Waals surface area (Å²) in [4.78, 5) is 12.5. The van der Waals surface area contributed by atoms with Crippen molar-refractivity contribution in [1.29, 1.82) is 0 Å². The average Bonchev–Trinajstić information content (AvgIpc) is 2.69. The zero-order chi connectivity index (χ0) is 22.4. The van der Waals surface area contributed by atoms with E-state index in [0.717, 1.165) is 11.1 Å². The number of carbonyl (C=O) groups is 1. The zero-order valence-corrected chi connectivity index (χ0v) is 20.2. The second kappa shape index (κ2) is 10.3. The number of hydrogen-bond acceptors (Lipinski definition) is 3. The molecule has 0 aliphatic carbocycles. The maximum absolute atomic E-state index is 12.5. The monoisotopic (exact) mass is 445 g/mol. The van der Waals surface area contributed by atoms with Gasteiger partial charge in [0, 0.05) is 5.02 Å². The molecule has 0 radical (unpaired) electrons. The van der Waals surface area contributed by atoms with E-state index in [1.54, 1.807) is 6.08 Å².